The van der Waals surface area contributed by atoms with Gasteiger partial charge >= 0.3 is 48.0 Å². The summed E-state index contributed by atoms with van der Waals surface area (Å²) in [6.45, 7) is 4.92. The van der Waals surface area contributed by atoms with Gasteiger partial charge in [-0.1, -0.05) is 13.8 Å². The molecule has 4 aliphatic rings. The van der Waals surface area contributed by atoms with Crippen LogP contribution < -0.4 is 0 Å². The number of hydrogen-bond donors (Lipinski definition) is 0. The zero-order chi connectivity index (χ0) is 36.0. The number of fused-ring (bicyclic) bond motifs is 5. The number of halogens is 14. The molecule has 0 aromatic carbocycles. The van der Waals surface area contributed by atoms with E-state index in [4.69, 9.17) is 0 Å². The molecule has 0 aliphatic heterocycles. The summed E-state index contributed by atoms with van der Waals surface area (Å²) in [4.78, 5) is 23.8. The number of ether oxygens (including phenoxy) is 2. The van der Waals surface area contributed by atoms with E-state index in [1.54, 1.807) is 0 Å². The van der Waals surface area contributed by atoms with Crippen molar-refractivity contribution in [3.63, 3.8) is 0 Å². The Hall–Kier alpha value is -2.04. The molecule has 4 nitrogen and oxygen atoms in total. The van der Waals surface area contributed by atoms with Crippen LogP contribution >= 0.6 is 0 Å². The van der Waals surface area contributed by atoms with Gasteiger partial charge in [-0.25, -0.2) is 9.59 Å². The maximum atomic E-state index is 14.0. The van der Waals surface area contributed by atoms with Crippen molar-refractivity contribution in [2.45, 2.75) is 127 Å². The van der Waals surface area contributed by atoms with E-state index < -0.39 is 76.9 Å². The van der Waals surface area contributed by atoms with Gasteiger partial charge in [-0.2, -0.15) is 61.5 Å². The highest BCUT2D eigenvalue weighted by Crippen LogP contribution is 2.68. The Bertz CT molecular complexity index is 1220. The molecule has 47 heavy (non-hydrogen) atoms. The smallest absolute Gasteiger partial charge is 0.458 e. The van der Waals surface area contributed by atoms with Gasteiger partial charge in [-0.15, -0.1) is 0 Å². The highest BCUT2D eigenvalue weighted by atomic mass is 19.4. The van der Waals surface area contributed by atoms with Crippen molar-refractivity contribution < 1.29 is 80.5 Å². The minimum atomic E-state index is -6.70. The third kappa shape index (κ3) is 5.76. The molecule has 4 rings (SSSR count). The van der Waals surface area contributed by atoms with E-state index in [9.17, 15) is 71.1 Å². The fraction of sp³-hybridized carbons (Fsp3) is 0.931. The number of alkyl halides is 14. The van der Waals surface area contributed by atoms with Gasteiger partial charge < -0.3 is 9.47 Å². The van der Waals surface area contributed by atoms with Gasteiger partial charge in [0.15, 0.2) is 0 Å². The number of rotatable bonds is 7. The van der Waals surface area contributed by atoms with Crippen molar-refractivity contribution in [2.75, 3.05) is 0 Å². The Labute approximate surface area is 260 Å². The zero-order valence-corrected chi connectivity index (χ0v) is 25.3. The van der Waals surface area contributed by atoms with E-state index in [0.717, 1.165) is 0 Å². The molecule has 0 spiro atoms. The molecule has 0 amide bonds. The molecule has 0 heterocycles. The molecular weight excluding hydrogens is 678 g/mol. The predicted octanol–water partition coefficient (Wildman–Crippen LogP) is 9.15. The lowest BCUT2D eigenvalue weighted by Gasteiger charge is -2.61. The van der Waals surface area contributed by atoms with Gasteiger partial charge in [-0.05, 0) is 99.2 Å². The molecule has 0 aromatic heterocycles. The van der Waals surface area contributed by atoms with Crippen LogP contribution in [0.2, 0.25) is 0 Å². The maximum Gasteiger partial charge on any atom is 0.460 e. The van der Waals surface area contributed by atoms with Crippen molar-refractivity contribution in [1.82, 2.24) is 0 Å². The SMILES string of the molecule is C[C@@H](OC(=O)C(F)(F)C(F)(F)C(F)(F)F)[C@H]1CCC2C3CC[C@@H]4C[C@@H](OC(=O)C(F)(F)C(F)(F)C(F)(F)F)CC[C@]4(C)C3CC[C@@]21C. The Kier molecular flexibility index (Phi) is 9.25. The van der Waals surface area contributed by atoms with E-state index in [1.807, 2.05) is 13.8 Å². The lowest BCUT2D eigenvalue weighted by molar-refractivity contribution is -0.349. The Morgan fingerprint density at radius 2 is 1.13 bits per heavy atom. The number of carbonyl (C=O) groups excluding carboxylic acids is 2. The monoisotopic (exact) mass is 712 g/mol. The first-order chi connectivity index (χ1) is 21.1. The molecule has 18 heteroatoms. The van der Waals surface area contributed by atoms with Gasteiger partial charge in [0, 0.05) is 5.92 Å². The lowest BCUT2D eigenvalue weighted by Crippen LogP contribution is -2.58. The molecule has 4 fully saturated rings. The molecule has 0 saturated heterocycles. The number of esters is 2. The van der Waals surface area contributed by atoms with Crippen LogP contribution in [0.15, 0.2) is 0 Å². The van der Waals surface area contributed by atoms with Crippen LogP contribution in [0.3, 0.4) is 0 Å². The molecule has 0 aromatic rings. The summed E-state index contributed by atoms with van der Waals surface area (Å²) >= 11 is 0. The van der Waals surface area contributed by atoms with E-state index in [1.165, 1.54) is 6.92 Å². The normalized spacial score (nSPS) is 36.1. The first-order valence-corrected chi connectivity index (χ1v) is 15.1. The zero-order valence-electron chi connectivity index (χ0n) is 25.3. The maximum absolute atomic E-state index is 14.0. The van der Waals surface area contributed by atoms with E-state index in [-0.39, 0.29) is 42.9 Å². The van der Waals surface area contributed by atoms with E-state index >= 15 is 0 Å². The van der Waals surface area contributed by atoms with Gasteiger partial charge in [0.05, 0.1) is 0 Å². The first-order valence-electron chi connectivity index (χ1n) is 15.1. The summed E-state index contributed by atoms with van der Waals surface area (Å²) in [7, 11) is 0. The van der Waals surface area contributed by atoms with Crippen LogP contribution in [-0.4, -0.2) is 60.2 Å². The summed E-state index contributed by atoms with van der Waals surface area (Å²) in [6.07, 6.45) is -13.3. The van der Waals surface area contributed by atoms with Crippen LogP contribution in [0.4, 0.5) is 61.5 Å². The number of hydrogen-bond acceptors (Lipinski definition) is 4. The second kappa shape index (κ2) is 11.5. The summed E-state index contributed by atoms with van der Waals surface area (Å²) in [5.41, 5.74) is -1.15. The van der Waals surface area contributed by atoms with Gasteiger partial charge in [-0.3, -0.25) is 0 Å². The lowest BCUT2D eigenvalue weighted by atomic mass is 9.44. The molecular formula is C29H34F14O4. The highest BCUT2D eigenvalue weighted by Gasteiger charge is 2.78. The molecule has 4 aliphatic carbocycles. The van der Waals surface area contributed by atoms with E-state index in [0.29, 0.717) is 38.5 Å². The standard InChI is InChI=1S/C29H34F14O4/c1-13(46-20(44)24(30,31)26(34,35)28(38,39)40)17-6-7-18-16-5-4-14-12-15(8-10-22(14,2)19(16)9-11-23(17,18)3)47-21(45)25(32,33)27(36,37)29(41,42)43/h13-19H,4-12H2,1-3H3/t13-,14-,15+,16?,17-,18?,19?,22+,23-/m1/s1. The Morgan fingerprint density at radius 1 is 0.638 bits per heavy atom. The van der Waals surface area contributed by atoms with Crippen molar-refractivity contribution in [3.05, 3.63) is 0 Å². The second-order valence-corrected chi connectivity index (χ2v) is 14.1. The molecule has 3 unspecified atom stereocenters. The van der Waals surface area contributed by atoms with Crippen LogP contribution in [0.1, 0.15) is 78.6 Å². The van der Waals surface area contributed by atoms with Crippen molar-refractivity contribution >= 4 is 11.9 Å². The second-order valence-electron chi connectivity index (χ2n) is 14.1. The molecule has 0 radical (unpaired) electrons. The third-order valence-electron chi connectivity index (χ3n) is 11.8. The Balaban J connectivity index is 1.43. The fourth-order valence-corrected chi connectivity index (χ4v) is 9.30. The molecule has 0 bridgehead atoms. The third-order valence-corrected chi connectivity index (χ3v) is 11.8. The predicted molar refractivity (Wildman–Crippen MR) is 133 cm³/mol. The van der Waals surface area contributed by atoms with E-state index in [2.05, 4.69) is 9.47 Å². The molecule has 0 N–H and O–H groups in total. The van der Waals surface area contributed by atoms with Crippen LogP contribution in [0.5, 0.6) is 0 Å². The average Bonchev–Trinajstić information content (AvgIpc) is 3.29. The van der Waals surface area contributed by atoms with Crippen LogP contribution in [-0.2, 0) is 19.1 Å². The first kappa shape index (κ1) is 37.8. The fourth-order valence-electron chi connectivity index (χ4n) is 9.30. The summed E-state index contributed by atoms with van der Waals surface area (Å²) < 4.78 is 193. The largest absolute Gasteiger partial charge is 0.460 e. The average molecular weight is 713 g/mol. The minimum absolute atomic E-state index is 0.00665. The minimum Gasteiger partial charge on any atom is -0.458 e. The quantitative estimate of drug-likeness (QED) is 0.195. The summed E-state index contributed by atoms with van der Waals surface area (Å²) in [5, 5.41) is 0. The van der Waals surface area contributed by atoms with Crippen molar-refractivity contribution in [1.29, 1.82) is 0 Å². The molecule has 9 atom stereocenters. The Morgan fingerprint density at radius 3 is 1.66 bits per heavy atom. The van der Waals surface area contributed by atoms with Gasteiger partial charge in [0.25, 0.3) is 0 Å². The highest BCUT2D eigenvalue weighted by molar-refractivity contribution is 5.79. The summed E-state index contributed by atoms with van der Waals surface area (Å²) in [6, 6.07) is 0. The van der Waals surface area contributed by atoms with Crippen molar-refractivity contribution in [2.24, 2.45) is 40.4 Å². The molecule has 4 saturated carbocycles. The van der Waals surface area contributed by atoms with Crippen LogP contribution in [0, 0.1) is 40.4 Å². The summed E-state index contributed by atoms with van der Waals surface area (Å²) in [5.74, 6) is -32.6. The van der Waals surface area contributed by atoms with Gasteiger partial charge in [0.1, 0.15) is 12.2 Å². The van der Waals surface area contributed by atoms with Crippen molar-refractivity contribution in [3.8, 4) is 0 Å². The molecule has 272 valence electrons. The number of carbonyl (C=O) groups is 2. The van der Waals surface area contributed by atoms with Crippen LogP contribution in [0.25, 0.3) is 0 Å². The topological polar surface area (TPSA) is 52.6 Å². The van der Waals surface area contributed by atoms with Gasteiger partial charge in [0.2, 0.25) is 0 Å².